The summed E-state index contributed by atoms with van der Waals surface area (Å²) < 4.78 is 0. The first-order chi connectivity index (χ1) is 9.61. The Bertz CT molecular complexity index is 607. The lowest BCUT2D eigenvalue weighted by Gasteiger charge is -2.14. The van der Waals surface area contributed by atoms with Crippen LogP contribution in [0.1, 0.15) is 34.5 Å². The van der Waals surface area contributed by atoms with E-state index in [0.29, 0.717) is 11.4 Å². The van der Waals surface area contributed by atoms with Gasteiger partial charge in [-0.1, -0.05) is 37.3 Å². The molecule has 2 rings (SSSR count). The van der Waals surface area contributed by atoms with Crippen LogP contribution in [-0.4, -0.2) is 17.0 Å². The Morgan fingerprint density at radius 3 is 2.45 bits per heavy atom. The van der Waals surface area contributed by atoms with Crippen molar-refractivity contribution >= 4 is 28.2 Å². The summed E-state index contributed by atoms with van der Waals surface area (Å²) in [6, 6.07) is 12.7. The Hall–Kier alpha value is -2.14. The van der Waals surface area contributed by atoms with Gasteiger partial charge in [-0.25, -0.2) is 4.79 Å². The number of nitrogens with one attached hydrogen (secondary N) is 1. The molecule has 1 aromatic carbocycles. The van der Waals surface area contributed by atoms with Gasteiger partial charge in [-0.15, -0.1) is 11.3 Å². The SMILES string of the molecule is CCC(C(=O)Nc1ccc(C(=O)O)s1)c1ccccc1. The van der Waals surface area contributed by atoms with Crippen LogP contribution < -0.4 is 5.32 Å². The van der Waals surface area contributed by atoms with Crippen molar-refractivity contribution in [3.05, 3.63) is 52.9 Å². The number of rotatable bonds is 5. The van der Waals surface area contributed by atoms with Crippen LogP contribution in [-0.2, 0) is 4.79 Å². The van der Waals surface area contributed by atoms with E-state index in [0.717, 1.165) is 16.9 Å². The summed E-state index contributed by atoms with van der Waals surface area (Å²) in [6.07, 6.45) is 0.688. The quantitative estimate of drug-likeness (QED) is 0.884. The van der Waals surface area contributed by atoms with E-state index < -0.39 is 5.97 Å². The van der Waals surface area contributed by atoms with Crippen LogP contribution in [0.25, 0.3) is 0 Å². The summed E-state index contributed by atoms with van der Waals surface area (Å²) in [7, 11) is 0. The molecular formula is C15H15NO3S. The molecule has 0 radical (unpaired) electrons. The van der Waals surface area contributed by atoms with Crippen LogP contribution >= 0.6 is 11.3 Å². The van der Waals surface area contributed by atoms with Crippen molar-refractivity contribution in [1.82, 2.24) is 0 Å². The van der Waals surface area contributed by atoms with Crippen molar-refractivity contribution in [3.63, 3.8) is 0 Å². The molecule has 1 heterocycles. The van der Waals surface area contributed by atoms with E-state index in [4.69, 9.17) is 5.11 Å². The highest BCUT2D eigenvalue weighted by molar-refractivity contribution is 7.18. The number of benzene rings is 1. The van der Waals surface area contributed by atoms with Crippen molar-refractivity contribution < 1.29 is 14.7 Å². The number of hydrogen-bond acceptors (Lipinski definition) is 3. The monoisotopic (exact) mass is 289 g/mol. The van der Waals surface area contributed by atoms with Gasteiger partial charge in [-0.2, -0.15) is 0 Å². The number of carbonyl (C=O) groups excluding carboxylic acids is 1. The van der Waals surface area contributed by atoms with Crippen LogP contribution in [0.3, 0.4) is 0 Å². The molecule has 0 fully saturated rings. The number of hydrogen-bond donors (Lipinski definition) is 2. The molecule has 1 unspecified atom stereocenters. The minimum absolute atomic E-state index is 0.113. The van der Waals surface area contributed by atoms with Crippen LogP contribution in [0, 0.1) is 0 Å². The van der Waals surface area contributed by atoms with Crippen LogP contribution in [0.2, 0.25) is 0 Å². The third-order valence-electron chi connectivity index (χ3n) is 2.99. The van der Waals surface area contributed by atoms with Crippen LogP contribution in [0.4, 0.5) is 5.00 Å². The Balaban J connectivity index is 2.11. The molecule has 0 aliphatic carbocycles. The summed E-state index contributed by atoms with van der Waals surface area (Å²) in [5.74, 6) is -1.32. The minimum Gasteiger partial charge on any atom is -0.477 e. The molecule has 5 heteroatoms. The Labute approximate surface area is 121 Å². The highest BCUT2D eigenvalue weighted by Gasteiger charge is 2.19. The van der Waals surface area contributed by atoms with Gasteiger partial charge in [0.1, 0.15) is 4.88 Å². The summed E-state index contributed by atoms with van der Waals surface area (Å²) in [5, 5.41) is 12.2. The second-order valence-electron chi connectivity index (χ2n) is 4.33. The van der Waals surface area contributed by atoms with Gasteiger partial charge in [0.15, 0.2) is 0 Å². The zero-order valence-electron chi connectivity index (χ0n) is 11.0. The number of thiophene rings is 1. The molecule has 4 nitrogen and oxygen atoms in total. The summed E-state index contributed by atoms with van der Waals surface area (Å²) in [5.41, 5.74) is 0.961. The molecule has 0 saturated carbocycles. The predicted molar refractivity (Wildman–Crippen MR) is 79.4 cm³/mol. The molecule has 2 aromatic rings. The smallest absolute Gasteiger partial charge is 0.345 e. The van der Waals surface area contributed by atoms with Crippen molar-refractivity contribution in [3.8, 4) is 0 Å². The zero-order valence-corrected chi connectivity index (χ0v) is 11.8. The van der Waals surface area contributed by atoms with E-state index >= 15 is 0 Å². The number of aromatic carboxylic acids is 1. The van der Waals surface area contributed by atoms with Crippen molar-refractivity contribution in [2.45, 2.75) is 19.3 Å². The molecule has 1 atom stereocenters. The fraction of sp³-hybridized carbons (Fsp3) is 0.200. The van der Waals surface area contributed by atoms with Crippen molar-refractivity contribution in [1.29, 1.82) is 0 Å². The highest BCUT2D eigenvalue weighted by Crippen LogP contribution is 2.25. The predicted octanol–water partition coefficient (Wildman–Crippen LogP) is 3.58. The number of anilines is 1. The fourth-order valence-corrected chi connectivity index (χ4v) is 2.73. The van der Waals surface area contributed by atoms with Gasteiger partial charge < -0.3 is 10.4 Å². The molecule has 1 aromatic heterocycles. The van der Waals surface area contributed by atoms with E-state index in [9.17, 15) is 9.59 Å². The summed E-state index contributed by atoms with van der Waals surface area (Å²) >= 11 is 1.06. The topological polar surface area (TPSA) is 66.4 Å². The third-order valence-corrected chi connectivity index (χ3v) is 3.98. The van der Waals surface area contributed by atoms with Crippen LogP contribution in [0.15, 0.2) is 42.5 Å². The van der Waals surface area contributed by atoms with Gasteiger partial charge >= 0.3 is 5.97 Å². The molecule has 0 bridgehead atoms. The first kappa shape index (κ1) is 14.3. The molecule has 0 aliphatic rings. The average molecular weight is 289 g/mol. The van der Waals surface area contributed by atoms with Crippen molar-refractivity contribution in [2.75, 3.05) is 5.32 Å². The highest BCUT2D eigenvalue weighted by atomic mass is 32.1. The van der Waals surface area contributed by atoms with Gasteiger partial charge in [0, 0.05) is 0 Å². The second kappa shape index (κ2) is 6.34. The summed E-state index contributed by atoms with van der Waals surface area (Å²) in [4.78, 5) is 23.3. The van der Waals surface area contributed by atoms with E-state index in [1.54, 1.807) is 6.07 Å². The molecule has 0 spiro atoms. The zero-order chi connectivity index (χ0) is 14.5. The first-order valence-electron chi connectivity index (χ1n) is 6.30. The second-order valence-corrected chi connectivity index (χ2v) is 5.41. The van der Waals surface area contributed by atoms with Gasteiger partial charge in [-0.05, 0) is 24.1 Å². The Morgan fingerprint density at radius 2 is 1.90 bits per heavy atom. The van der Waals surface area contributed by atoms with E-state index in [2.05, 4.69) is 5.32 Å². The maximum atomic E-state index is 12.3. The van der Waals surface area contributed by atoms with E-state index in [1.165, 1.54) is 6.07 Å². The van der Waals surface area contributed by atoms with E-state index in [-0.39, 0.29) is 16.7 Å². The maximum absolute atomic E-state index is 12.3. The normalized spacial score (nSPS) is 11.8. The van der Waals surface area contributed by atoms with E-state index in [1.807, 2.05) is 37.3 Å². The molecule has 104 valence electrons. The standard InChI is InChI=1S/C15H15NO3S/c1-2-11(10-6-4-3-5-7-10)14(17)16-13-9-8-12(20-13)15(18)19/h3-9,11H,2H2,1H3,(H,16,17)(H,18,19). The number of amides is 1. The lowest BCUT2D eigenvalue weighted by Crippen LogP contribution is -2.20. The molecular weight excluding hydrogens is 274 g/mol. The van der Waals surface area contributed by atoms with Crippen molar-refractivity contribution in [2.24, 2.45) is 0 Å². The van der Waals surface area contributed by atoms with Gasteiger partial charge in [0.05, 0.1) is 10.9 Å². The molecule has 20 heavy (non-hydrogen) atoms. The molecule has 0 aliphatic heterocycles. The first-order valence-corrected chi connectivity index (χ1v) is 7.12. The lowest BCUT2D eigenvalue weighted by atomic mass is 9.96. The number of carbonyl (C=O) groups is 2. The largest absolute Gasteiger partial charge is 0.477 e. The molecule has 2 N–H and O–H groups in total. The number of carboxylic acids is 1. The van der Waals surface area contributed by atoms with Crippen LogP contribution in [0.5, 0.6) is 0 Å². The van der Waals surface area contributed by atoms with Gasteiger partial charge in [0.25, 0.3) is 0 Å². The molecule has 0 saturated heterocycles. The fourth-order valence-electron chi connectivity index (χ4n) is 1.99. The van der Waals surface area contributed by atoms with Gasteiger partial charge in [0.2, 0.25) is 5.91 Å². The summed E-state index contributed by atoms with van der Waals surface area (Å²) in [6.45, 7) is 1.95. The van der Waals surface area contributed by atoms with Gasteiger partial charge in [-0.3, -0.25) is 4.79 Å². The maximum Gasteiger partial charge on any atom is 0.345 e. The third kappa shape index (κ3) is 3.24. The lowest BCUT2D eigenvalue weighted by molar-refractivity contribution is -0.117. The Kier molecular flexibility index (Phi) is 4.53. The minimum atomic E-state index is -0.981. The molecule has 1 amide bonds. The number of carboxylic acid groups (broad SMARTS) is 1. The Morgan fingerprint density at radius 1 is 1.20 bits per heavy atom. The average Bonchev–Trinajstić information content (AvgIpc) is 2.89.